The summed E-state index contributed by atoms with van der Waals surface area (Å²) in [5.41, 5.74) is 2.58. The molecular weight excluding hydrogens is 220 g/mol. The van der Waals surface area contributed by atoms with Crippen LogP contribution in [0, 0.1) is 18.8 Å². The molecule has 1 aromatic rings. The zero-order valence-electron chi connectivity index (χ0n) is 11.9. The van der Waals surface area contributed by atoms with Crippen molar-refractivity contribution in [3.63, 3.8) is 0 Å². The van der Waals surface area contributed by atoms with E-state index in [0.717, 1.165) is 18.4 Å². The third-order valence-electron chi connectivity index (χ3n) is 4.34. The molecule has 2 heteroatoms. The standard InChI is InChI=1S/C16H26N2/c1-4-17-16(14-9-7-12(2)8-10-14)15-6-5-11-18-13(15)3/h5-6,11-12,14,16-17H,4,7-10H2,1-3H3. The smallest absolute Gasteiger partial charge is 0.0420 e. The average Bonchev–Trinajstić information content (AvgIpc) is 2.38. The van der Waals surface area contributed by atoms with Gasteiger partial charge in [0.05, 0.1) is 0 Å². The maximum absolute atomic E-state index is 4.45. The molecule has 1 saturated carbocycles. The van der Waals surface area contributed by atoms with E-state index in [2.05, 4.69) is 43.2 Å². The van der Waals surface area contributed by atoms with Gasteiger partial charge in [0.15, 0.2) is 0 Å². The van der Waals surface area contributed by atoms with Gasteiger partial charge in [-0.1, -0.05) is 32.8 Å². The van der Waals surface area contributed by atoms with Crippen molar-refractivity contribution in [3.05, 3.63) is 29.6 Å². The van der Waals surface area contributed by atoms with E-state index in [1.807, 2.05) is 6.20 Å². The van der Waals surface area contributed by atoms with E-state index in [-0.39, 0.29) is 0 Å². The van der Waals surface area contributed by atoms with Crippen molar-refractivity contribution in [1.82, 2.24) is 10.3 Å². The van der Waals surface area contributed by atoms with E-state index in [1.54, 1.807) is 0 Å². The normalized spacial score (nSPS) is 25.9. The number of aryl methyl sites for hydroxylation is 1. The van der Waals surface area contributed by atoms with E-state index in [9.17, 15) is 0 Å². The predicted molar refractivity (Wildman–Crippen MR) is 76.5 cm³/mol. The summed E-state index contributed by atoms with van der Waals surface area (Å²) in [4.78, 5) is 4.45. The van der Waals surface area contributed by atoms with Crippen LogP contribution in [-0.4, -0.2) is 11.5 Å². The van der Waals surface area contributed by atoms with Crippen LogP contribution in [0.1, 0.15) is 56.8 Å². The lowest BCUT2D eigenvalue weighted by molar-refractivity contribution is 0.232. The monoisotopic (exact) mass is 246 g/mol. The molecule has 2 rings (SSSR count). The Morgan fingerprint density at radius 2 is 2.06 bits per heavy atom. The summed E-state index contributed by atoms with van der Waals surface area (Å²) >= 11 is 0. The van der Waals surface area contributed by atoms with Crippen LogP contribution in [0.2, 0.25) is 0 Å². The average molecular weight is 246 g/mol. The second-order valence-electron chi connectivity index (χ2n) is 5.73. The first kappa shape index (κ1) is 13.5. The number of nitrogens with one attached hydrogen (secondary N) is 1. The predicted octanol–water partition coefficient (Wildman–Crippen LogP) is 3.87. The van der Waals surface area contributed by atoms with Crippen molar-refractivity contribution in [2.45, 2.75) is 52.5 Å². The van der Waals surface area contributed by atoms with E-state index < -0.39 is 0 Å². The summed E-state index contributed by atoms with van der Waals surface area (Å²) in [6, 6.07) is 4.81. The topological polar surface area (TPSA) is 24.9 Å². The van der Waals surface area contributed by atoms with Crippen molar-refractivity contribution in [3.8, 4) is 0 Å². The molecule has 0 amide bonds. The van der Waals surface area contributed by atoms with Gasteiger partial charge in [-0.15, -0.1) is 0 Å². The molecule has 0 radical (unpaired) electrons. The minimum absolute atomic E-state index is 0.496. The number of pyridine rings is 1. The van der Waals surface area contributed by atoms with Gasteiger partial charge in [-0.3, -0.25) is 4.98 Å². The first-order valence-electron chi connectivity index (χ1n) is 7.37. The summed E-state index contributed by atoms with van der Waals surface area (Å²) in [7, 11) is 0. The summed E-state index contributed by atoms with van der Waals surface area (Å²) in [6.07, 6.45) is 7.36. The second kappa shape index (κ2) is 6.33. The quantitative estimate of drug-likeness (QED) is 0.872. The van der Waals surface area contributed by atoms with Crippen LogP contribution in [0.25, 0.3) is 0 Å². The Hall–Kier alpha value is -0.890. The minimum atomic E-state index is 0.496. The number of aromatic nitrogens is 1. The van der Waals surface area contributed by atoms with Crippen LogP contribution in [-0.2, 0) is 0 Å². The number of hydrogen-bond acceptors (Lipinski definition) is 2. The molecule has 1 atom stereocenters. The largest absolute Gasteiger partial charge is 0.310 e. The van der Waals surface area contributed by atoms with Crippen molar-refractivity contribution >= 4 is 0 Å². The van der Waals surface area contributed by atoms with E-state index in [4.69, 9.17) is 0 Å². The van der Waals surface area contributed by atoms with Crippen LogP contribution >= 0.6 is 0 Å². The van der Waals surface area contributed by atoms with Crippen LogP contribution < -0.4 is 5.32 Å². The molecule has 1 aliphatic rings. The van der Waals surface area contributed by atoms with Gasteiger partial charge >= 0.3 is 0 Å². The van der Waals surface area contributed by atoms with Gasteiger partial charge < -0.3 is 5.32 Å². The van der Waals surface area contributed by atoms with Gasteiger partial charge in [-0.05, 0) is 49.8 Å². The minimum Gasteiger partial charge on any atom is -0.310 e. The molecule has 1 fully saturated rings. The van der Waals surface area contributed by atoms with Crippen LogP contribution in [0.15, 0.2) is 18.3 Å². The molecule has 0 aromatic carbocycles. The molecule has 1 N–H and O–H groups in total. The van der Waals surface area contributed by atoms with Crippen molar-refractivity contribution < 1.29 is 0 Å². The van der Waals surface area contributed by atoms with Gasteiger partial charge in [0.2, 0.25) is 0 Å². The van der Waals surface area contributed by atoms with Gasteiger partial charge in [0, 0.05) is 17.9 Å². The molecular formula is C16H26N2. The lowest BCUT2D eigenvalue weighted by atomic mass is 9.77. The molecule has 0 spiro atoms. The third kappa shape index (κ3) is 3.11. The Morgan fingerprint density at radius 1 is 1.33 bits per heavy atom. The maximum atomic E-state index is 4.45. The number of nitrogens with zero attached hydrogens (tertiary/aromatic N) is 1. The first-order valence-corrected chi connectivity index (χ1v) is 7.37. The Labute approximate surface area is 111 Å². The molecule has 2 nitrogen and oxygen atoms in total. The summed E-state index contributed by atoms with van der Waals surface area (Å²) in [5.74, 6) is 1.70. The molecule has 100 valence electrons. The lowest BCUT2D eigenvalue weighted by Crippen LogP contribution is -2.31. The maximum Gasteiger partial charge on any atom is 0.0420 e. The number of rotatable bonds is 4. The fraction of sp³-hybridized carbons (Fsp3) is 0.688. The Bertz CT molecular complexity index is 367. The van der Waals surface area contributed by atoms with Gasteiger partial charge in [0.1, 0.15) is 0 Å². The first-order chi connectivity index (χ1) is 8.72. The zero-order chi connectivity index (χ0) is 13.0. The molecule has 1 unspecified atom stereocenters. The highest BCUT2D eigenvalue weighted by molar-refractivity contribution is 5.23. The van der Waals surface area contributed by atoms with Crippen molar-refractivity contribution in [1.29, 1.82) is 0 Å². The van der Waals surface area contributed by atoms with Crippen LogP contribution in [0.3, 0.4) is 0 Å². The molecule has 0 aliphatic heterocycles. The Kier molecular flexibility index (Phi) is 4.76. The third-order valence-corrected chi connectivity index (χ3v) is 4.34. The zero-order valence-corrected chi connectivity index (χ0v) is 11.9. The Morgan fingerprint density at radius 3 is 2.67 bits per heavy atom. The van der Waals surface area contributed by atoms with E-state index in [0.29, 0.717) is 6.04 Å². The van der Waals surface area contributed by atoms with Gasteiger partial charge in [-0.25, -0.2) is 0 Å². The summed E-state index contributed by atoms with van der Waals surface area (Å²) in [6.45, 7) is 7.74. The van der Waals surface area contributed by atoms with Crippen molar-refractivity contribution in [2.75, 3.05) is 6.54 Å². The molecule has 0 bridgehead atoms. The SMILES string of the molecule is CCNC(c1cccnc1C)C1CCC(C)CC1. The second-order valence-corrected chi connectivity index (χ2v) is 5.73. The molecule has 18 heavy (non-hydrogen) atoms. The highest BCUT2D eigenvalue weighted by Crippen LogP contribution is 2.37. The van der Waals surface area contributed by atoms with Crippen LogP contribution in [0.4, 0.5) is 0 Å². The summed E-state index contributed by atoms with van der Waals surface area (Å²) < 4.78 is 0. The van der Waals surface area contributed by atoms with Gasteiger partial charge in [-0.2, -0.15) is 0 Å². The number of hydrogen-bond donors (Lipinski definition) is 1. The summed E-state index contributed by atoms with van der Waals surface area (Å²) in [5, 5.41) is 3.68. The molecule has 1 heterocycles. The molecule has 0 saturated heterocycles. The van der Waals surface area contributed by atoms with Gasteiger partial charge in [0.25, 0.3) is 0 Å². The van der Waals surface area contributed by atoms with E-state index >= 15 is 0 Å². The highest BCUT2D eigenvalue weighted by Gasteiger charge is 2.27. The van der Waals surface area contributed by atoms with Crippen LogP contribution in [0.5, 0.6) is 0 Å². The van der Waals surface area contributed by atoms with E-state index in [1.165, 1.54) is 36.9 Å². The Balaban J connectivity index is 2.15. The lowest BCUT2D eigenvalue weighted by Gasteiger charge is -2.34. The molecule has 1 aliphatic carbocycles. The fourth-order valence-electron chi connectivity index (χ4n) is 3.20. The highest BCUT2D eigenvalue weighted by atomic mass is 14.9. The fourth-order valence-corrected chi connectivity index (χ4v) is 3.20. The van der Waals surface area contributed by atoms with Crippen molar-refractivity contribution in [2.24, 2.45) is 11.8 Å². The molecule has 1 aromatic heterocycles.